The first kappa shape index (κ1) is 26.6. The average Bonchev–Trinajstić information content (AvgIpc) is 3.13. The molecule has 34 heavy (non-hydrogen) atoms. The molecule has 3 rings (SSSR count). The van der Waals surface area contributed by atoms with Gasteiger partial charge in [-0.05, 0) is 69.9 Å². The van der Waals surface area contributed by atoms with Crippen molar-refractivity contribution in [2.24, 2.45) is 0 Å². The standard InChI is InChI=1S/C28H44N2O4/c1-7-8-9-10-11-12-13-22-14-15-23-17-30(18-24(23)16-22)19-28(20-32-27(5,6)33-21-28)29-25(31)34-26(2,3)4/h14-18H,7-13,19-21H2,1-6H3,(H,29,31). The Bertz CT molecular complexity index is 932. The molecule has 2 aromatic rings. The lowest BCUT2D eigenvalue weighted by Gasteiger charge is -2.44. The second kappa shape index (κ2) is 11.1. The van der Waals surface area contributed by atoms with Gasteiger partial charge in [0, 0.05) is 18.9 Å². The number of benzene rings is 1. The Morgan fingerprint density at radius 3 is 2.35 bits per heavy atom. The topological polar surface area (TPSA) is 61.7 Å². The summed E-state index contributed by atoms with van der Waals surface area (Å²) in [4.78, 5) is 12.6. The van der Waals surface area contributed by atoms with E-state index in [-0.39, 0.29) is 0 Å². The van der Waals surface area contributed by atoms with Gasteiger partial charge in [0.1, 0.15) is 11.1 Å². The summed E-state index contributed by atoms with van der Waals surface area (Å²) in [6, 6.07) is 6.73. The minimum atomic E-state index is -0.714. The Morgan fingerprint density at radius 2 is 1.68 bits per heavy atom. The number of amides is 1. The summed E-state index contributed by atoms with van der Waals surface area (Å²) >= 11 is 0. The van der Waals surface area contributed by atoms with Gasteiger partial charge in [-0.1, -0.05) is 51.2 Å². The fraction of sp³-hybridized carbons (Fsp3) is 0.679. The van der Waals surface area contributed by atoms with Crippen molar-refractivity contribution >= 4 is 16.9 Å². The molecule has 1 aromatic carbocycles. The smallest absolute Gasteiger partial charge is 0.408 e. The maximum atomic E-state index is 12.6. The number of unbranched alkanes of at least 4 members (excludes halogenated alkanes) is 5. The summed E-state index contributed by atoms with van der Waals surface area (Å²) in [7, 11) is 0. The summed E-state index contributed by atoms with van der Waals surface area (Å²) in [5.41, 5.74) is 0.0948. The molecule has 2 heterocycles. The number of carbonyl (C=O) groups excluding carboxylic acids is 1. The number of ether oxygens (including phenoxy) is 3. The van der Waals surface area contributed by atoms with Crippen LogP contribution in [-0.4, -0.2) is 40.8 Å². The lowest BCUT2D eigenvalue weighted by Crippen LogP contribution is -2.63. The number of hydrogen-bond acceptors (Lipinski definition) is 4. The summed E-state index contributed by atoms with van der Waals surface area (Å²) in [5.74, 6) is -0.675. The summed E-state index contributed by atoms with van der Waals surface area (Å²) in [5, 5.41) is 5.46. The molecule has 0 atom stereocenters. The van der Waals surface area contributed by atoms with Crippen molar-refractivity contribution in [3.8, 4) is 0 Å². The normalized spacial score (nSPS) is 17.6. The predicted octanol–water partition coefficient (Wildman–Crippen LogP) is 6.59. The van der Waals surface area contributed by atoms with Crippen LogP contribution in [0.4, 0.5) is 4.79 Å². The Labute approximate surface area is 205 Å². The van der Waals surface area contributed by atoms with Gasteiger partial charge >= 0.3 is 6.09 Å². The van der Waals surface area contributed by atoms with Crippen LogP contribution in [0.5, 0.6) is 0 Å². The molecule has 1 aliphatic heterocycles. The van der Waals surface area contributed by atoms with Crippen molar-refractivity contribution in [2.45, 2.75) is 110 Å². The molecule has 0 radical (unpaired) electrons. The van der Waals surface area contributed by atoms with E-state index >= 15 is 0 Å². The molecule has 0 bridgehead atoms. The molecule has 1 saturated heterocycles. The van der Waals surface area contributed by atoms with E-state index in [0.717, 1.165) is 6.42 Å². The van der Waals surface area contributed by atoms with Crippen molar-refractivity contribution in [3.05, 3.63) is 36.2 Å². The van der Waals surface area contributed by atoms with Crippen LogP contribution in [0.25, 0.3) is 10.8 Å². The van der Waals surface area contributed by atoms with E-state index in [9.17, 15) is 4.79 Å². The van der Waals surface area contributed by atoms with Crippen molar-refractivity contribution in [1.29, 1.82) is 0 Å². The quantitative estimate of drug-likeness (QED) is 0.396. The number of aryl methyl sites for hydroxylation is 1. The lowest BCUT2D eigenvalue weighted by atomic mass is 10.00. The summed E-state index contributed by atoms with van der Waals surface area (Å²) in [6.07, 6.45) is 12.8. The third kappa shape index (κ3) is 8.02. The average molecular weight is 473 g/mol. The highest BCUT2D eigenvalue weighted by Gasteiger charge is 2.42. The number of aromatic nitrogens is 1. The minimum Gasteiger partial charge on any atom is -0.444 e. The third-order valence-corrected chi connectivity index (χ3v) is 6.22. The van der Waals surface area contributed by atoms with Gasteiger partial charge in [0.25, 0.3) is 0 Å². The van der Waals surface area contributed by atoms with Gasteiger partial charge in [-0.15, -0.1) is 0 Å². The van der Waals surface area contributed by atoms with Crippen LogP contribution >= 0.6 is 0 Å². The molecule has 1 aliphatic rings. The number of alkyl carbamates (subject to hydrolysis) is 1. The number of rotatable bonds is 10. The first-order valence-electron chi connectivity index (χ1n) is 12.9. The second-order valence-corrected chi connectivity index (χ2v) is 11.3. The SMILES string of the molecule is CCCCCCCCc1ccc2cn(CC3(NC(=O)OC(C)(C)C)COC(C)(C)OC3)cc2c1. The number of fused-ring (bicyclic) bond motifs is 1. The van der Waals surface area contributed by atoms with Gasteiger partial charge in [-0.2, -0.15) is 0 Å². The highest BCUT2D eigenvalue weighted by molar-refractivity contribution is 5.83. The van der Waals surface area contributed by atoms with Crippen molar-refractivity contribution in [2.75, 3.05) is 13.2 Å². The van der Waals surface area contributed by atoms with Gasteiger partial charge in [-0.3, -0.25) is 0 Å². The van der Waals surface area contributed by atoms with E-state index in [0.29, 0.717) is 19.8 Å². The molecule has 6 nitrogen and oxygen atoms in total. The highest BCUT2D eigenvalue weighted by Crippen LogP contribution is 2.27. The summed E-state index contributed by atoms with van der Waals surface area (Å²) < 4.78 is 19.6. The number of nitrogens with zero attached hydrogens (tertiary/aromatic N) is 1. The van der Waals surface area contributed by atoms with E-state index in [1.165, 1.54) is 54.9 Å². The fourth-order valence-corrected chi connectivity index (χ4v) is 4.38. The summed E-state index contributed by atoms with van der Waals surface area (Å²) in [6.45, 7) is 12.8. The molecule has 1 aromatic heterocycles. The van der Waals surface area contributed by atoms with E-state index < -0.39 is 23.0 Å². The molecule has 6 heteroatoms. The minimum absolute atomic E-state index is 0.344. The van der Waals surface area contributed by atoms with Gasteiger partial charge in [0.15, 0.2) is 5.79 Å². The maximum absolute atomic E-state index is 12.6. The second-order valence-electron chi connectivity index (χ2n) is 11.3. The maximum Gasteiger partial charge on any atom is 0.408 e. The highest BCUT2D eigenvalue weighted by atomic mass is 16.7. The van der Waals surface area contributed by atoms with E-state index in [1.54, 1.807) is 0 Å². The van der Waals surface area contributed by atoms with Crippen LogP contribution in [0.15, 0.2) is 30.6 Å². The van der Waals surface area contributed by atoms with Gasteiger partial charge < -0.3 is 24.1 Å². The Morgan fingerprint density at radius 1 is 1.03 bits per heavy atom. The van der Waals surface area contributed by atoms with Crippen LogP contribution in [0.2, 0.25) is 0 Å². The molecule has 1 N–H and O–H groups in total. The monoisotopic (exact) mass is 472 g/mol. The van der Waals surface area contributed by atoms with Crippen LogP contribution < -0.4 is 5.32 Å². The fourth-order valence-electron chi connectivity index (χ4n) is 4.38. The molecule has 0 saturated carbocycles. The van der Waals surface area contributed by atoms with Crippen molar-refractivity contribution in [3.63, 3.8) is 0 Å². The van der Waals surface area contributed by atoms with Gasteiger partial charge in [0.2, 0.25) is 0 Å². The Kier molecular flexibility index (Phi) is 8.69. The molecule has 0 aliphatic carbocycles. The van der Waals surface area contributed by atoms with Gasteiger partial charge in [-0.25, -0.2) is 4.79 Å². The first-order valence-corrected chi connectivity index (χ1v) is 12.9. The Balaban J connectivity index is 1.68. The van der Waals surface area contributed by atoms with Crippen LogP contribution in [0.1, 0.15) is 85.6 Å². The Hall–Kier alpha value is -2.05. The molecule has 1 amide bonds. The number of carbonyl (C=O) groups is 1. The molecular weight excluding hydrogens is 428 g/mol. The largest absolute Gasteiger partial charge is 0.444 e. The van der Waals surface area contributed by atoms with Crippen LogP contribution in [-0.2, 0) is 27.2 Å². The van der Waals surface area contributed by atoms with Crippen LogP contribution in [0, 0.1) is 0 Å². The number of hydrogen-bond donors (Lipinski definition) is 1. The molecule has 1 fully saturated rings. The molecular formula is C28H44N2O4. The number of nitrogens with one attached hydrogen (secondary N) is 1. The molecule has 190 valence electrons. The molecule has 0 spiro atoms. The van der Waals surface area contributed by atoms with Crippen molar-refractivity contribution < 1.29 is 19.0 Å². The van der Waals surface area contributed by atoms with Crippen LogP contribution in [0.3, 0.4) is 0 Å². The van der Waals surface area contributed by atoms with Gasteiger partial charge in [0.05, 0.1) is 13.2 Å². The zero-order chi connectivity index (χ0) is 24.8. The lowest BCUT2D eigenvalue weighted by molar-refractivity contribution is -0.272. The molecule has 0 unspecified atom stereocenters. The van der Waals surface area contributed by atoms with E-state index in [4.69, 9.17) is 14.2 Å². The van der Waals surface area contributed by atoms with Crippen molar-refractivity contribution in [1.82, 2.24) is 9.88 Å². The van der Waals surface area contributed by atoms with E-state index in [1.807, 2.05) is 34.6 Å². The van der Waals surface area contributed by atoms with E-state index in [2.05, 4.69) is 47.4 Å². The predicted molar refractivity (Wildman–Crippen MR) is 137 cm³/mol. The first-order chi connectivity index (χ1) is 16.0. The zero-order valence-corrected chi connectivity index (χ0v) is 22.0. The third-order valence-electron chi connectivity index (χ3n) is 6.22. The zero-order valence-electron chi connectivity index (χ0n) is 22.0.